The number of hydrogen-bond acceptors (Lipinski definition) is 4. The molecule has 0 aliphatic heterocycles. The van der Waals surface area contributed by atoms with Gasteiger partial charge in [0.05, 0.1) is 23.6 Å². The zero-order chi connectivity index (χ0) is 13.1. The average Bonchev–Trinajstić information content (AvgIpc) is 3.11. The Kier molecular flexibility index (Phi) is 2.97. The third kappa shape index (κ3) is 2.09. The highest BCUT2D eigenvalue weighted by molar-refractivity contribution is 5.41. The Morgan fingerprint density at radius 1 is 1.21 bits per heavy atom. The lowest BCUT2D eigenvalue weighted by Gasteiger charge is -2.22. The summed E-state index contributed by atoms with van der Waals surface area (Å²) in [5.41, 5.74) is 1.67. The number of aromatic nitrogens is 3. The molecule has 3 rings (SSSR count). The predicted octanol–water partition coefficient (Wildman–Crippen LogP) is 2.37. The van der Waals surface area contributed by atoms with E-state index in [1.165, 1.54) is 0 Å². The molecule has 1 saturated carbocycles. The van der Waals surface area contributed by atoms with E-state index in [4.69, 9.17) is 0 Å². The smallest absolute Gasteiger partial charge is 0.221 e. The van der Waals surface area contributed by atoms with Crippen molar-refractivity contribution in [2.75, 3.05) is 0 Å². The molecule has 0 saturated heterocycles. The second-order valence-electron chi connectivity index (χ2n) is 4.84. The number of benzene rings is 1. The van der Waals surface area contributed by atoms with Gasteiger partial charge in [-0.2, -0.15) is 4.99 Å². The van der Waals surface area contributed by atoms with Crippen LogP contribution in [0, 0.1) is 0 Å². The Balaban J connectivity index is 1.95. The SMILES string of the molecule is O=C=NC1(c2ccc(-n3ccnn3)cc2)CCCC1. The summed E-state index contributed by atoms with van der Waals surface area (Å²) < 4.78 is 1.70. The van der Waals surface area contributed by atoms with Crippen molar-refractivity contribution in [1.82, 2.24) is 15.0 Å². The molecule has 1 aromatic heterocycles. The molecule has 2 aromatic rings. The number of carbonyl (C=O) groups excluding carboxylic acids is 1. The summed E-state index contributed by atoms with van der Waals surface area (Å²) in [5.74, 6) is 0. The van der Waals surface area contributed by atoms with Crippen LogP contribution in [0.25, 0.3) is 5.69 Å². The summed E-state index contributed by atoms with van der Waals surface area (Å²) >= 11 is 0. The minimum absolute atomic E-state index is 0.358. The molecular weight excluding hydrogens is 240 g/mol. The summed E-state index contributed by atoms with van der Waals surface area (Å²) in [7, 11) is 0. The van der Waals surface area contributed by atoms with Crippen LogP contribution in [-0.2, 0) is 10.3 Å². The maximum Gasteiger partial charge on any atom is 0.235 e. The van der Waals surface area contributed by atoms with Gasteiger partial charge >= 0.3 is 0 Å². The van der Waals surface area contributed by atoms with Crippen LogP contribution in [0.4, 0.5) is 0 Å². The van der Waals surface area contributed by atoms with Crippen molar-refractivity contribution in [3.05, 3.63) is 42.2 Å². The van der Waals surface area contributed by atoms with Crippen LogP contribution >= 0.6 is 0 Å². The molecule has 96 valence electrons. The third-order valence-corrected chi connectivity index (χ3v) is 3.78. The van der Waals surface area contributed by atoms with Gasteiger partial charge in [0.15, 0.2) is 0 Å². The molecule has 0 amide bonds. The van der Waals surface area contributed by atoms with Crippen molar-refractivity contribution in [3.63, 3.8) is 0 Å². The maximum absolute atomic E-state index is 10.7. The summed E-state index contributed by atoms with van der Waals surface area (Å²) in [5, 5.41) is 7.73. The van der Waals surface area contributed by atoms with Gasteiger partial charge in [0.1, 0.15) is 0 Å². The first-order valence-electron chi connectivity index (χ1n) is 6.40. The second-order valence-corrected chi connectivity index (χ2v) is 4.84. The van der Waals surface area contributed by atoms with E-state index in [0.29, 0.717) is 0 Å². The van der Waals surface area contributed by atoms with E-state index in [9.17, 15) is 4.79 Å². The minimum Gasteiger partial charge on any atom is -0.221 e. The van der Waals surface area contributed by atoms with E-state index in [2.05, 4.69) is 15.3 Å². The highest BCUT2D eigenvalue weighted by atomic mass is 16.1. The molecule has 19 heavy (non-hydrogen) atoms. The molecule has 5 nitrogen and oxygen atoms in total. The molecule has 0 atom stereocenters. The van der Waals surface area contributed by atoms with Crippen LogP contribution in [0.3, 0.4) is 0 Å². The van der Waals surface area contributed by atoms with Crippen molar-refractivity contribution in [2.24, 2.45) is 4.99 Å². The van der Waals surface area contributed by atoms with E-state index in [-0.39, 0.29) is 5.54 Å². The molecule has 1 fully saturated rings. The van der Waals surface area contributed by atoms with Gasteiger partial charge < -0.3 is 0 Å². The number of rotatable bonds is 3. The first-order valence-corrected chi connectivity index (χ1v) is 6.40. The van der Waals surface area contributed by atoms with Crippen molar-refractivity contribution >= 4 is 6.08 Å². The Bertz CT molecular complexity index is 591. The molecule has 1 heterocycles. The van der Waals surface area contributed by atoms with Gasteiger partial charge in [-0.05, 0) is 30.5 Å². The number of isocyanates is 1. The van der Waals surface area contributed by atoms with Crippen molar-refractivity contribution in [1.29, 1.82) is 0 Å². The van der Waals surface area contributed by atoms with Crippen LogP contribution in [0.1, 0.15) is 31.2 Å². The summed E-state index contributed by atoms with van der Waals surface area (Å²) in [6.07, 6.45) is 9.23. The first-order chi connectivity index (χ1) is 9.34. The highest BCUT2D eigenvalue weighted by Crippen LogP contribution is 2.42. The fraction of sp³-hybridized carbons (Fsp3) is 0.357. The normalized spacial score (nSPS) is 17.1. The van der Waals surface area contributed by atoms with Gasteiger partial charge in [0.2, 0.25) is 6.08 Å². The van der Waals surface area contributed by atoms with Crippen molar-refractivity contribution in [3.8, 4) is 5.69 Å². The Morgan fingerprint density at radius 3 is 2.53 bits per heavy atom. The van der Waals surface area contributed by atoms with E-state index in [1.807, 2.05) is 24.3 Å². The molecule has 1 aliphatic rings. The lowest BCUT2D eigenvalue weighted by atomic mass is 9.89. The van der Waals surface area contributed by atoms with Crippen LogP contribution in [0.15, 0.2) is 41.7 Å². The fourth-order valence-corrected chi connectivity index (χ4v) is 2.78. The monoisotopic (exact) mass is 254 g/mol. The lowest BCUT2D eigenvalue weighted by molar-refractivity contribution is 0.456. The molecule has 1 aliphatic carbocycles. The summed E-state index contributed by atoms with van der Waals surface area (Å²) in [6.45, 7) is 0. The first kappa shape index (κ1) is 11.8. The van der Waals surface area contributed by atoms with Gasteiger partial charge in [-0.3, -0.25) is 0 Å². The van der Waals surface area contributed by atoms with Crippen LogP contribution in [-0.4, -0.2) is 21.1 Å². The molecule has 1 aromatic carbocycles. The average molecular weight is 254 g/mol. The maximum atomic E-state index is 10.7. The molecule has 0 bridgehead atoms. The van der Waals surface area contributed by atoms with Crippen LogP contribution in [0.2, 0.25) is 0 Å². The van der Waals surface area contributed by atoms with Gasteiger partial charge in [0.25, 0.3) is 0 Å². The molecule has 0 N–H and O–H groups in total. The van der Waals surface area contributed by atoms with Crippen molar-refractivity contribution < 1.29 is 4.79 Å². The zero-order valence-corrected chi connectivity index (χ0v) is 10.5. The van der Waals surface area contributed by atoms with Gasteiger partial charge in [0, 0.05) is 0 Å². The molecule has 5 heteroatoms. The number of nitrogens with zero attached hydrogens (tertiary/aromatic N) is 4. The Morgan fingerprint density at radius 2 is 1.95 bits per heavy atom. The summed E-state index contributed by atoms with van der Waals surface area (Å²) in [4.78, 5) is 14.8. The highest BCUT2D eigenvalue weighted by Gasteiger charge is 2.35. The molecular formula is C14H14N4O. The molecule has 0 unspecified atom stereocenters. The molecule has 0 radical (unpaired) electrons. The molecule has 0 spiro atoms. The van der Waals surface area contributed by atoms with E-state index < -0.39 is 0 Å². The zero-order valence-electron chi connectivity index (χ0n) is 10.5. The standard InChI is InChI=1S/C14H14N4O/c19-11-15-14(7-1-2-8-14)12-3-5-13(6-4-12)18-10-9-16-17-18/h3-6,9-10H,1-2,7-8H2. The van der Waals surface area contributed by atoms with Gasteiger partial charge in [-0.25, -0.2) is 9.48 Å². The minimum atomic E-state index is -0.358. The van der Waals surface area contributed by atoms with Gasteiger partial charge in [-0.1, -0.05) is 30.2 Å². The Hall–Kier alpha value is -2.26. The fourth-order valence-electron chi connectivity index (χ4n) is 2.78. The van der Waals surface area contributed by atoms with E-state index in [0.717, 1.165) is 36.9 Å². The Labute approximate surface area is 111 Å². The van der Waals surface area contributed by atoms with Crippen LogP contribution in [0.5, 0.6) is 0 Å². The van der Waals surface area contributed by atoms with Crippen LogP contribution < -0.4 is 0 Å². The van der Waals surface area contributed by atoms with E-state index >= 15 is 0 Å². The largest absolute Gasteiger partial charge is 0.235 e. The second kappa shape index (κ2) is 4.78. The number of aliphatic imine (C=N–C) groups is 1. The van der Waals surface area contributed by atoms with Gasteiger partial charge in [-0.15, -0.1) is 5.10 Å². The van der Waals surface area contributed by atoms with E-state index in [1.54, 1.807) is 23.2 Å². The van der Waals surface area contributed by atoms with Crippen molar-refractivity contribution in [2.45, 2.75) is 31.2 Å². The predicted molar refractivity (Wildman–Crippen MR) is 69.6 cm³/mol. The number of hydrogen-bond donors (Lipinski definition) is 0. The summed E-state index contributed by atoms with van der Waals surface area (Å²) in [6, 6.07) is 7.99. The topological polar surface area (TPSA) is 60.1 Å². The lowest BCUT2D eigenvalue weighted by Crippen LogP contribution is -2.18. The quantitative estimate of drug-likeness (QED) is 0.624. The third-order valence-electron chi connectivity index (χ3n) is 3.78.